The van der Waals surface area contributed by atoms with Crippen LogP contribution in [0.5, 0.6) is 0 Å². The van der Waals surface area contributed by atoms with Crippen LogP contribution in [0.1, 0.15) is 51.0 Å². The molecule has 106 valence electrons. The zero-order valence-electron chi connectivity index (χ0n) is 12.3. The van der Waals surface area contributed by atoms with E-state index in [1.54, 1.807) is 0 Å². The molecular formula is C17H21NS2. The molecule has 0 spiro atoms. The fourth-order valence-electron chi connectivity index (χ4n) is 4.68. The summed E-state index contributed by atoms with van der Waals surface area (Å²) in [5.41, 5.74) is 1.97. The van der Waals surface area contributed by atoms with Crippen LogP contribution >= 0.6 is 24.0 Å². The fraction of sp³-hybridized carbons (Fsp3) is 0.588. The summed E-state index contributed by atoms with van der Waals surface area (Å²) in [7, 11) is 0. The predicted molar refractivity (Wildman–Crippen MR) is 88.8 cm³/mol. The van der Waals surface area contributed by atoms with Crippen LogP contribution in [0.2, 0.25) is 0 Å². The Labute approximate surface area is 130 Å². The lowest BCUT2D eigenvalue weighted by Crippen LogP contribution is -2.31. The second kappa shape index (κ2) is 4.01. The number of para-hydroxylation sites is 1. The highest BCUT2D eigenvalue weighted by Crippen LogP contribution is 2.71. The highest BCUT2D eigenvalue weighted by molar-refractivity contribution is 7.80. The molecule has 2 fully saturated rings. The van der Waals surface area contributed by atoms with E-state index >= 15 is 0 Å². The standard InChI is InChI=1S/C17H21NS2/c1-16(2)10-7-8-17(16,3)11(9-10)15-18-14-12(19)5-4-6-13(14)20-15/h4-6,10-11,19H,7-9H2,1-3H3. The minimum atomic E-state index is 0.419. The van der Waals surface area contributed by atoms with Crippen LogP contribution in [-0.4, -0.2) is 4.98 Å². The monoisotopic (exact) mass is 303 g/mol. The molecule has 2 bridgehead atoms. The van der Waals surface area contributed by atoms with Crippen molar-refractivity contribution in [2.45, 2.75) is 50.8 Å². The van der Waals surface area contributed by atoms with Gasteiger partial charge in [-0.15, -0.1) is 24.0 Å². The molecule has 3 atom stereocenters. The van der Waals surface area contributed by atoms with Gasteiger partial charge in [-0.2, -0.15) is 0 Å². The summed E-state index contributed by atoms with van der Waals surface area (Å²) < 4.78 is 1.29. The van der Waals surface area contributed by atoms with Gasteiger partial charge in [0.05, 0.1) is 15.2 Å². The summed E-state index contributed by atoms with van der Waals surface area (Å²) in [6, 6.07) is 6.30. The number of thiazole rings is 1. The predicted octanol–water partition coefficient (Wildman–Crippen LogP) is 5.51. The van der Waals surface area contributed by atoms with Crippen LogP contribution in [-0.2, 0) is 0 Å². The zero-order valence-corrected chi connectivity index (χ0v) is 14.0. The Balaban J connectivity index is 1.83. The molecule has 0 saturated heterocycles. The van der Waals surface area contributed by atoms with Gasteiger partial charge < -0.3 is 0 Å². The van der Waals surface area contributed by atoms with Gasteiger partial charge in [0, 0.05) is 10.8 Å². The number of hydrogen-bond acceptors (Lipinski definition) is 3. The van der Waals surface area contributed by atoms with Crippen molar-refractivity contribution >= 4 is 34.2 Å². The molecule has 3 heteroatoms. The molecule has 20 heavy (non-hydrogen) atoms. The molecule has 2 aromatic rings. The van der Waals surface area contributed by atoms with E-state index in [4.69, 9.17) is 4.98 Å². The Hall–Kier alpha value is -0.540. The van der Waals surface area contributed by atoms with Gasteiger partial charge in [0.1, 0.15) is 0 Å². The third-order valence-corrected chi connectivity index (χ3v) is 8.00. The first-order valence-electron chi connectivity index (χ1n) is 7.52. The van der Waals surface area contributed by atoms with Crippen molar-refractivity contribution in [1.82, 2.24) is 4.98 Å². The Morgan fingerprint density at radius 3 is 2.70 bits per heavy atom. The number of nitrogens with zero attached hydrogens (tertiary/aromatic N) is 1. The molecule has 1 heterocycles. The van der Waals surface area contributed by atoms with Crippen molar-refractivity contribution in [3.8, 4) is 0 Å². The molecule has 0 N–H and O–H groups in total. The molecule has 0 amide bonds. The minimum Gasteiger partial charge on any atom is -0.240 e. The number of rotatable bonds is 1. The average molecular weight is 303 g/mol. The number of aromatic nitrogens is 1. The number of hydrogen-bond donors (Lipinski definition) is 1. The van der Waals surface area contributed by atoms with Crippen LogP contribution in [0.3, 0.4) is 0 Å². The first kappa shape index (κ1) is 13.1. The summed E-state index contributed by atoms with van der Waals surface area (Å²) in [5, 5.41) is 1.35. The minimum absolute atomic E-state index is 0.419. The molecular weight excluding hydrogens is 282 g/mol. The maximum atomic E-state index is 4.97. The summed E-state index contributed by atoms with van der Waals surface area (Å²) >= 11 is 6.45. The lowest BCUT2D eigenvalue weighted by atomic mass is 9.67. The topological polar surface area (TPSA) is 12.9 Å². The third kappa shape index (κ3) is 1.48. The smallest absolute Gasteiger partial charge is 0.0975 e. The lowest BCUT2D eigenvalue weighted by Gasteiger charge is -2.38. The van der Waals surface area contributed by atoms with E-state index in [1.165, 1.54) is 29.0 Å². The van der Waals surface area contributed by atoms with Crippen molar-refractivity contribution < 1.29 is 0 Å². The third-order valence-electron chi connectivity index (χ3n) is 6.51. The van der Waals surface area contributed by atoms with Gasteiger partial charge in [-0.3, -0.25) is 0 Å². The molecule has 1 nitrogen and oxygen atoms in total. The van der Waals surface area contributed by atoms with E-state index in [0.717, 1.165) is 16.3 Å². The Kier molecular flexibility index (Phi) is 2.64. The van der Waals surface area contributed by atoms with E-state index in [2.05, 4.69) is 45.5 Å². The fourth-order valence-corrected chi connectivity index (χ4v) is 6.27. The van der Waals surface area contributed by atoms with Crippen LogP contribution in [0, 0.1) is 16.7 Å². The van der Waals surface area contributed by atoms with E-state index in [-0.39, 0.29) is 0 Å². The van der Waals surface area contributed by atoms with Gasteiger partial charge in [0.15, 0.2) is 0 Å². The largest absolute Gasteiger partial charge is 0.240 e. The van der Waals surface area contributed by atoms with Crippen molar-refractivity contribution in [3.05, 3.63) is 23.2 Å². The normalized spacial score (nSPS) is 35.0. The van der Waals surface area contributed by atoms with Gasteiger partial charge in [-0.05, 0) is 48.1 Å². The van der Waals surface area contributed by atoms with Crippen molar-refractivity contribution in [2.75, 3.05) is 0 Å². The molecule has 4 rings (SSSR count). The van der Waals surface area contributed by atoms with E-state index < -0.39 is 0 Å². The van der Waals surface area contributed by atoms with Gasteiger partial charge in [-0.25, -0.2) is 4.98 Å². The first-order chi connectivity index (χ1) is 9.43. The first-order valence-corrected chi connectivity index (χ1v) is 8.78. The zero-order chi connectivity index (χ0) is 14.1. The molecule has 1 aromatic carbocycles. The number of benzene rings is 1. The average Bonchev–Trinajstić information content (AvgIpc) is 2.97. The van der Waals surface area contributed by atoms with Gasteiger partial charge in [0.2, 0.25) is 0 Å². The van der Waals surface area contributed by atoms with E-state index in [1.807, 2.05) is 17.4 Å². The van der Waals surface area contributed by atoms with Crippen molar-refractivity contribution in [3.63, 3.8) is 0 Å². The van der Waals surface area contributed by atoms with Crippen LogP contribution in [0.4, 0.5) is 0 Å². The Morgan fingerprint density at radius 1 is 1.30 bits per heavy atom. The van der Waals surface area contributed by atoms with Crippen molar-refractivity contribution in [2.24, 2.45) is 16.7 Å². The van der Waals surface area contributed by atoms with Gasteiger partial charge in [0.25, 0.3) is 0 Å². The van der Waals surface area contributed by atoms with Crippen LogP contribution in [0.25, 0.3) is 10.2 Å². The second-order valence-electron chi connectivity index (χ2n) is 7.34. The Bertz CT molecular complexity index is 687. The summed E-state index contributed by atoms with van der Waals surface area (Å²) in [6.07, 6.45) is 4.09. The molecule has 3 unspecified atom stereocenters. The molecule has 2 aliphatic rings. The molecule has 0 radical (unpaired) electrons. The van der Waals surface area contributed by atoms with Crippen LogP contribution < -0.4 is 0 Å². The summed E-state index contributed by atoms with van der Waals surface area (Å²) in [6.45, 7) is 7.45. The van der Waals surface area contributed by atoms with Crippen LogP contribution in [0.15, 0.2) is 23.1 Å². The molecule has 1 aromatic heterocycles. The summed E-state index contributed by atoms with van der Waals surface area (Å²) in [4.78, 5) is 5.98. The molecule has 0 aliphatic heterocycles. The lowest BCUT2D eigenvalue weighted by molar-refractivity contribution is 0.134. The highest BCUT2D eigenvalue weighted by atomic mass is 32.1. The molecule has 2 aliphatic carbocycles. The second-order valence-corrected chi connectivity index (χ2v) is 8.88. The van der Waals surface area contributed by atoms with Gasteiger partial charge >= 0.3 is 0 Å². The highest BCUT2D eigenvalue weighted by Gasteiger charge is 2.62. The number of thiol groups is 1. The molecule has 2 saturated carbocycles. The Morgan fingerprint density at radius 2 is 2.10 bits per heavy atom. The van der Waals surface area contributed by atoms with Gasteiger partial charge in [-0.1, -0.05) is 26.8 Å². The van der Waals surface area contributed by atoms with E-state index in [0.29, 0.717) is 16.7 Å². The summed E-state index contributed by atoms with van der Waals surface area (Å²) in [5.74, 6) is 1.52. The maximum Gasteiger partial charge on any atom is 0.0975 e. The number of fused-ring (bicyclic) bond motifs is 3. The van der Waals surface area contributed by atoms with Crippen molar-refractivity contribution in [1.29, 1.82) is 0 Å². The maximum absolute atomic E-state index is 4.97. The van der Waals surface area contributed by atoms with E-state index in [9.17, 15) is 0 Å². The SMILES string of the molecule is CC1(C)C2CCC1(C)C(c1nc3c(S)cccc3s1)C2. The quantitative estimate of drug-likeness (QED) is 0.685.